The number of fused-ring (bicyclic) bond motifs is 1. The van der Waals surface area contributed by atoms with E-state index in [0.29, 0.717) is 33.7 Å². The fraction of sp³-hybridized carbons (Fsp3) is 0.213. The van der Waals surface area contributed by atoms with Crippen LogP contribution < -0.4 is 0 Å². The number of imidazole rings is 1. The quantitative estimate of drug-likeness (QED) is 0.141. The average Bonchev–Trinajstić information content (AvgIpc) is 3.72. The number of aromatic nitrogens is 3. The van der Waals surface area contributed by atoms with E-state index in [0.717, 1.165) is 72.5 Å². The normalized spacial score (nSPS) is 13.4. The van der Waals surface area contributed by atoms with Gasteiger partial charge < -0.3 is 5.11 Å². The van der Waals surface area contributed by atoms with E-state index in [1.54, 1.807) is 6.07 Å². The molecule has 4 heteroatoms. The molecular formula is C61H59N3O. The molecule has 2 aromatic heterocycles. The van der Waals surface area contributed by atoms with Crippen LogP contribution in [0.2, 0.25) is 0 Å². The van der Waals surface area contributed by atoms with Gasteiger partial charge in [-0.1, -0.05) is 159 Å². The first-order valence-electron chi connectivity index (χ1n) is 25.1. The summed E-state index contributed by atoms with van der Waals surface area (Å²) in [5, 5.41) is 12.3. The van der Waals surface area contributed by atoms with Crippen molar-refractivity contribution >= 4 is 11.0 Å². The summed E-state index contributed by atoms with van der Waals surface area (Å²) in [5.74, 6) is -1.30. The zero-order valence-corrected chi connectivity index (χ0v) is 38.5. The third-order valence-corrected chi connectivity index (χ3v) is 12.5. The first-order chi connectivity index (χ1) is 33.2. The van der Waals surface area contributed by atoms with Gasteiger partial charge in [-0.2, -0.15) is 0 Å². The van der Waals surface area contributed by atoms with Crippen LogP contribution in [0.15, 0.2) is 164 Å². The predicted molar refractivity (Wildman–Crippen MR) is 274 cm³/mol. The van der Waals surface area contributed by atoms with Gasteiger partial charge in [0.2, 0.25) is 0 Å². The molecule has 0 radical (unpaired) electrons. The van der Waals surface area contributed by atoms with Gasteiger partial charge in [-0.15, -0.1) is 0 Å². The van der Waals surface area contributed by atoms with Crippen LogP contribution in [-0.4, -0.2) is 19.6 Å². The largest absolute Gasteiger partial charge is 0.507 e. The lowest BCUT2D eigenvalue weighted by Crippen LogP contribution is -2.03. The molecule has 0 unspecified atom stereocenters. The molecule has 65 heavy (non-hydrogen) atoms. The van der Waals surface area contributed by atoms with Crippen molar-refractivity contribution in [1.29, 1.82) is 0 Å². The van der Waals surface area contributed by atoms with Crippen LogP contribution in [0.25, 0.3) is 83.9 Å². The van der Waals surface area contributed by atoms with E-state index in [1.807, 2.05) is 129 Å². The molecule has 9 rings (SSSR count). The van der Waals surface area contributed by atoms with Gasteiger partial charge >= 0.3 is 0 Å². The molecule has 1 N–H and O–H groups in total. The first kappa shape index (κ1) is 37.3. The fourth-order valence-electron chi connectivity index (χ4n) is 8.79. The first-order valence-corrected chi connectivity index (χ1v) is 22.6. The molecule has 0 aliphatic heterocycles. The van der Waals surface area contributed by atoms with Crippen molar-refractivity contribution in [1.82, 2.24) is 14.5 Å². The highest BCUT2D eigenvalue weighted by molar-refractivity contribution is 5.98. The highest BCUT2D eigenvalue weighted by Crippen LogP contribution is 2.44. The second-order valence-corrected chi connectivity index (χ2v) is 18.3. The predicted octanol–water partition coefficient (Wildman–Crippen LogP) is 16.9. The van der Waals surface area contributed by atoms with Crippen molar-refractivity contribution in [2.75, 3.05) is 0 Å². The molecular weight excluding hydrogens is 791 g/mol. The van der Waals surface area contributed by atoms with Crippen LogP contribution in [0.3, 0.4) is 0 Å². The highest BCUT2D eigenvalue weighted by Gasteiger charge is 2.25. The summed E-state index contributed by atoms with van der Waals surface area (Å²) in [6.07, 6.45) is 1.85. The molecule has 9 aromatic rings. The van der Waals surface area contributed by atoms with E-state index in [9.17, 15) is 5.11 Å². The Hall–Kier alpha value is -7.04. The van der Waals surface area contributed by atoms with Crippen molar-refractivity contribution in [3.8, 4) is 78.6 Å². The van der Waals surface area contributed by atoms with E-state index in [-0.39, 0.29) is 23.1 Å². The summed E-state index contributed by atoms with van der Waals surface area (Å²) in [5.41, 5.74) is 14.6. The Morgan fingerprint density at radius 1 is 0.508 bits per heavy atom. The number of aromatic hydroxyl groups is 1. The van der Waals surface area contributed by atoms with Crippen LogP contribution in [0.1, 0.15) is 114 Å². The van der Waals surface area contributed by atoms with Crippen molar-refractivity contribution in [2.24, 2.45) is 0 Å². The monoisotopic (exact) mass is 854 g/mol. The number of phenolic OH excluding ortho intramolecular Hbond substituents is 1. The summed E-state index contributed by atoms with van der Waals surface area (Å²) >= 11 is 0. The Kier molecular flexibility index (Phi) is 10.3. The van der Waals surface area contributed by atoms with Gasteiger partial charge in [-0.05, 0) is 152 Å². The Morgan fingerprint density at radius 3 is 1.78 bits per heavy atom. The molecule has 0 saturated carbocycles. The number of hydrogen-bond acceptors (Lipinski definition) is 3. The number of nitrogens with zero attached hydrogens (tertiary/aromatic N) is 3. The van der Waals surface area contributed by atoms with Crippen molar-refractivity contribution in [3.05, 3.63) is 192 Å². The molecule has 4 nitrogen and oxygen atoms in total. The zero-order valence-electron chi connectivity index (χ0n) is 43.5. The van der Waals surface area contributed by atoms with Gasteiger partial charge in [0, 0.05) is 24.2 Å². The second-order valence-electron chi connectivity index (χ2n) is 18.3. The minimum atomic E-state index is -2.59. The average molecular weight is 855 g/mol. The van der Waals surface area contributed by atoms with Gasteiger partial charge in [0.25, 0.3) is 0 Å². The topological polar surface area (TPSA) is 50.9 Å². The summed E-state index contributed by atoms with van der Waals surface area (Å²) in [6.45, 7) is 13.0. The molecule has 0 aliphatic carbocycles. The van der Waals surface area contributed by atoms with E-state index in [4.69, 9.17) is 16.8 Å². The van der Waals surface area contributed by atoms with Gasteiger partial charge in [0.1, 0.15) is 11.6 Å². The lowest BCUT2D eigenvalue weighted by Gasteiger charge is -2.19. The van der Waals surface area contributed by atoms with Crippen LogP contribution in [0.4, 0.5) is 0 Å². The van der Waals surface area contributed by atoms with E-state index < -0.39 is 18.6 Å². The molecule has 0 aliphatic rings. The molecule has 7 aromatic carbocycles. The summed E-state index contributed by atoms with van der Waals surface area (Å²) < 4.78 is 47.1. The van der Waals surface area contributed by atoms with E-state index >= 15 is 0 Å². The second kappa shape index (κ2) is 17.9. The Balaban J connectivity index is 1.34. The van der Waals surface area contributed by atoms with Gasteiger partial charge in [-0.3, -0.25) is 9.55 Å². The minimum absolute atomic E-state index is 0.0146. The molecule has 0 fully saturated rings. The summed E-state index contributed by atoms with van der Waals surface area (Å²) in [7, 11) is 0. The standard InChI is InChI=1S/C61H59N3O/c1-37(2)46-28-47(38(3)4)30-50(29-46)44-23-24-57(41(9)27-44)64-58-22-16-21-53(59(58)63-61(64)55-35-48(39(5)6)34-54(40(7)8)60(55)65)51-31-49(43-19-14-11-15-20-43)32-52(33-51)56-36-45(25-26-62-56)42-17-12-10-13-18-42/h10-40,65H,1-9H3/i9D3,37D,38D. The number of aryl methyl sites for hydroxylation is 1. The molecule has 0 atom stereocenters. The molecule has 324 valence electrons. The van der Waals surface area contributed by atoms with E-state index in [2.05, 4.69) is 88.4 Å². The van der Waals surface area contributed by atoms with Crippen LogP contribution in [0.5, 0.6) is 5.75 Å². The molecule has 0 spiro atoms. The van der Waals surface area contributed by atoms with Crippen molar-refractivity contribution < 1.29 is 12.0 Å². The lowest BCUT2D eigenvalue weighted by atomic mass is 9.90. The van der Waals surface area contributed by atoms with Crippen LogP contribution >= 0.6 is 0 Å². The van der Waals surface area contributed by atoms with Crippen molar-refractivity contribution in [3.63, 3.8) is 0 Å². The Bertz CT molecular complexity index is 3360. The number of para-hydroxylation sites is 1. The van der Waals surface area contributed by atoms with Gasteiger partial charge in [-0.25, -0.2) is 4.98 Å². The highest BCUT2D eigenvalue weighted by atomic mass is 16.3. The third kappa shape index (κ3) is 8.54. The number of rotatable bonds is 11. The number of benzene rings is 7. The Labute approximate surface area is 392 Å². The molecule has 0 bridgehead atoms. The zero-order chi connectivity index (χ0) is 49.9. The van der Waals surface area contributed by atoms with Crippen LogP contribution in [-0.2, 0) is 0 Å². The minimum Gasteiger partial charge on any atom is -0.507 e. The lowest BCUT2D eigenvalue weighted by molar-refractivity contribution is 0.466. The molecule has 2 heterocycles. The van der Waals surface area contributed by atoms with E-state index in [1.165, 1.54) is 0 Å². The summed E-state index contributed by atoms with van der Waals surface area (Å²) in [6, 6.07) is 52.4. The SMILES string of the molecule is [2H]C([2H])([2H])c1cc(-c2cc(C([2H])(C)C)cc(C([2H])(C)C)c2)ccc1-n1c(-c2cc(C(C)C)cc(C(C)C)c2O)nc2c(-c3cc(-c4ccccc4)cc(-c4cc(-c5ccccc5)ccn4)c3)cccc21. The maximum atomic E-state index is 12.3. The van der Waals surface area contributed by atoms with Crippen LogP contribution in [0, 0.1) is 6.85 Å². The molecule has 0 amide bonds. The maximum Gasteiger partial charge on any atom is 0.149 e. The number of hydrogen-bond donors (Lipinski definition) is 1. The third-order valence-electron chi connectivity index (χ3n) is 12.5. The smallest absolute Gasteiger partial charge is 0.149 e. The number of pyridine rings is 1. The fourth-order valence-corrected chi connectivity index (χ4v) is 8.79. The van der Waals surface area contributed by atoms with Gasteiger partial charge in [0.15, 0.2) is 0 Å². The van der Waals surface area contributed by atoms with Crippen molar-refractivity contribution in [2.45, 2.75) is 85.9 Å². The maximum absolute atomic E-state index is 12.3. The number of phenols is 1. The Morgan fingerprint density at radius 2 is 1.14 bits per heavy atom. The van der Waals surface area contributed by atoms with Gasteiger partial charge in [0.05, 0.1) is 28.0 Å². The summed E-state index contributed by atoms with van der Waals surface area (Å²) in [4.78, 5) is 10.4. The molecule has 0 saturated heterocycles.